The van der Waals surface area contributed by atoms with Crippen LogP contribution in [0.4, 0.5) is 0 Å². The highest BCUT2D eigenvalue weighted by Crippen LogP contribution is 1.97. The van der Waals surface area contributed by atoms with Crippen LogP contribution < -0.4 is 0 Å². The third-order valence-electron chi connectivity index (χ3n) is 1.14. The molecule has 0 aliphatic heterocycles. The van der Waals surface area contributed by atoms with Crippen molar-refractivity contribution in [1.82, 2.24) is 4.98 Å². The first kappa shape index (κ1) is 13.8. The largest absolute Gasteiger partial charge is 0.439 e. The lowest BCUT2D eigenvalue weighted by Gasteiger charge is -1.91. The average Bonchev–Trinajstić information content (AvgIpc) is 2.54. The van der Waals surface area contributed by atoms with E-state index >= 15 is 0 Å². The summed E-state index contributed by atoms with van der Waals surface area (Å²) in [5.41, 5.74) is 0. The first-order valence-electron chi connectivity index (χ1n) is 5.40. The van der Waals surface area contributed by atoms with Crippen LogP contribution in [0.15, 0.2) is 16.9 Å². The van der Waals surface area contributed by atoms with Crippen molar-refractivity contribution >= 4 is 0 Å². The quantitative estimate of drug-likeness (QED) is 0.656. The van der Waals surface area contributed by atoms with E-state index in [0.29, 0.717) is 11.8 Å². The van der Waals surface area contributed by atoms with Gasteiger partial charge in [0.2, 0.25) is 0 Å². The lowest BCUT2D eigenvalue weighted by Crippen LogP contribution is -1.81. The van der Waals surface area contributed by atoms with Crippen molar-refractivity contribution in [2.45, 2.75) is 41.0 Å². The Balaban J connectivity index is 0.000000423. The topological polar surface area (TPSA) is 26.0 Å². The van der Waals surface area contributed by atoms with Gasteiger partial charge in [-0.05, 0) is 17.8 Å². The molecule has 0 bridgehead atoms. The van der Waals surface area contributed by atoms with Crippen molar-refractivity contribution in [1.29, 1.82) is 0 Å². The van der Waals surface area contributed by atoms with E-state index in [1.165, 1.54) is 6.26 Å². The molecule has 0 N–H and O–H groups in total. The summed E-state index contributed by atoms with van der Waals surface area (Å²) in [5, 5.41) is 0. The van der Waals surface area contributed by atoms with Crippen molar-refractivity contribution in [2.75, 3.05) is 0 Å². The molecule has 0 spiro atoms. The Morgan fingerprint density at radius 2 is 1.87 bits per heavy atom. The van der Waals surface area contributed by atoms with Crippen molar-refractivity contribution in [2.24, 2.45) is 11.8 Å². The van der Waals surface area contributed by atoms with Gasteiger partial charge in [-0.1, -0.05) is 40.5 Å². The molecule has 0 saturated carbocycles. The second kappa shape index (κ2) is 8.11. The molecule has 0 saturated heterocycles. The minimum absolute atomic E-state index is 0.505. The predicted octanol–water partition coefficient (Wildman–Crippen LogP) is 3.73. The Bertz CT molecular complexity index is 285. The molecular formula is C13H21NO. The van der Waals surface area contributed by atoms with Gasteiger partial charge in [-0.25, -0.2) is 4.98 Å². The maximum atomic E-state index is 4.93. The third kappa shape index (κ3) is 10.7. The van der Waals surface area contributed by atoms with Gasteiger partial charge in [0.15, 0.2) is 0 Å². The monoisotopic (exact) mass is 207 g/mol. The van der Waals surface area contributed by atoms with Crippen molar-refractivity contribution in [3.05, 3.63) is 18.4 Å². The van der Waals surface area contributed by atoms with Crippen LogP contribution in [0.1, 0.15) is 46.9 Å². The van der Waals surface area contributed by atoms with E-state index in [0.717, 1.165) is 12.3 Å². The van der Waals surface area contributed by atoms with Gasteiger partial charge in [0, 0.05) is 6.42 Å². The summed E-state index contributed by atoms with van der Waals surface area (Å²) in [4.78, 5) is 3.87. The van der Waals surface area contributed by atoms with Gasteiger partial charge < -0.3 is 4.42 Å². The Hall–Kier alpha value is -1.23. The normalized spacial score (nSPS) is 9.27. The maximum absolute atomic E-state index is 4.93. The maximum Gasteiger partial charge on any atom is 0.273 e. The van der Waals surface area contributed by atoms with Crippen LogP contribution in [0.5, 0.6) is 0 Å². The fourth-order valence-electron chi connectivity index (χ4n) is 0.616. The Labute approximate surface area is 93.1 Å². The minimum atomic E-state index is 0.505. The molecule has 2 heteroatoms. The van der Waals surface area contributed by atoms with E-state index in [2.05, 4.69) is 51.4 Å². The third-order valence-corrected chi connectivity index (χ3v) is 1.14. The van der Waals surface area contributed by atoms with Gasteiger partial charge in [-0.3, -0.25) is 0 Å². The lowest BCUT2D eigenvalue weighted by molar-refractivity contribution is 0.543. The smallest absolute Gasteiger partial charge is 0.273 e. The number of hydrogen-bond acceptors (Lipinski definition) is 2. The zero-order valence-electron chi connectivity index (χ0n) is 10.4. The first-order chi connectivity index (χ1) is 7.02. The zero-order valence-corrected chi connectivity index (χ0v) is 10.4. The molecule has 0 fully saturated rings. The lowest BCUT2D eigenvalue weighted by atomic mass is 10.1. The van der Waals surface area contributed by atoms with Crippen molar-refractivity contribution < 1.29 is 4.42 Å². The first-order valence-corrected chi connectivity index (χ1v) is 5.40. The summed E-state index contributed by atoms with van der Waals surface area (Å²) in [5.74, 6) is 7.76. The van der Waals surface area contributed by atoms with Crippen LogP contribution >= 0.6 is 0 Å². The summed E-state index contributed by atoms with van der Waals surface area (Å²) < 4.78 is 4.93. The molecule has 0 radical (unpaired) electrons. The Morgan fingerprint density at radius 3 is 2.27 bits per heavy atom. The van der Waals surface area contributed by atoms with Gasteiger partial charge in [0.25, 0.3) is 5.89 Å². The van der Waals surface area contributed by atoms with Crippen LogP contribution in [0.25, 0.3) is 0 Å². The van der Waals surface area contributed by atoms with Gasteiger partial charge in [0.05, 0.1) is 6.20 Å². The highest BCUT2D eigenvalue weighted by atomic mass is 16.3. The molecule has 0 aliphatic carbocycles. The van der Waals surface area contributed by atoms with E-state index in [9.17, 15) is 0 Å². The standard InChI is InChI=1S/C9H11NO.C4H10/c1-8(2)4-3-5-9-10-6-7-11-9;1-4(2)3/h6-8H,4H2,1-2H3;4H,1-3H3. The molecule has 15 heavy (non-hydrogen) atoms. The molecule has 0 aliphatic rings. The zero-order chi connectivity index (χ0) is 11.7. The highest BCUT2D eigenvalue weighted by molar-refractivity contribution is 5.16. The Morgan fingerprint density at radius 1 is 1.27 bits per heavy atom. The van der Waals surface area contributed by atoms with E-state index in [1.807, 2.05) is 0 Å². The highest BCUT2D eigenvalue weighted by Gasteiger charge is 1.89. The van der Waals surface area contributed by atoms with Crippen LogP contribution in [-0.4, -0.2) is 4.98 Å². The summed E-state index contributed by atoms with van der Waals surface area (Å²) in [6.45, 7) is 10.8. The second-order valence-corrected chi connectivity index (χ2v) is 4.47. The molecule has 0 amide bonds. The SMILES string of the molecule is CC(C)C.CC(C)CC#Cc1ncco1. The number of oxazole rings is 1. The van der Waals surface area contributed by atoms with E-state index in [1.54, 1.807) is 6.20 Å². The predicted molar refractivity (Wildman–Crippen MR) is 63.3 cm³/mol. The van der Waals surface area contributed by atoms with Crippen LogP contribution in [0, 0.1) is 23.7 Å². The molecule has 0 aromatic carbocycles. The molecular weight excluding hydrogens is 186 g/mol. The van der Waals surface area contributed by atoms with Gasteiger partial charge in [-0.15, -0.1) is 0 Å². The molecule has 1 aromatic heterocycles. The van der Waals surface area contributed by atoms with Crippen LogP contribution in [0.2, 0.25) is 0 Å². The summed E-state index contributed by atoms with van der Waals surface area (Å²) >= 11 is 0. The molecule has 0 atom stereocenters. The van der Waals surface area contributed by atoms with E-state index in [-0.39, 0.29) is 0 Å². The summed E-state index contributed by atoms with van der Waals surface area (Å²) in [6.07, 6.45) is 4.02. The number of nitrogens with zero attached hydrogens (tertiary/aromatic N) is 1. The van der Waals surface area contributed by atoms with Crippen molar-refractivity contribution in [3.8, 4) is 11.8 Å². The van der Waals surface area contributed by atoms with Crippen molar-refractivity contribution in [3.63, 3.8) is 0 Å². The minimum Gasteiger partial charge on any atom is -0.439 e. The van der Waals surface area contributed by atoms with Crippen LogP contribution in [0.3, 0.4) is 0 Å². The van der Waals surface area contributed by atoms with Gasteiger partial charge in [-0.2, -0.15) is 0 Å². The summed E-state index contributed by atoms with van der Waals surface area (Å²) in [7, 11) is 0. The number of aromatic nitrogens is 1. The van der Waals surface area contributed by atoms with E-state index in [4.69, 9.17) is 4.42 Å². The Kier molecular flexibility index (Phi) is 7.44. The second-order valence-electron chi connectivity index (χ2n) is 4.47. The molecule has 84 valence electrons. The molecule has 1 rings (SSSR count). The molecule has 1 heterocycles. The molecule has 1 aromatic rings. The summed E-state index contributed by atoms with van der Waals surface area (Å²) in [6, 6.07) is 0. The fraction of sp³-hybridized carbons (Fsp3) is 0.615. The van der Waals surface area contributed by atoms with Crippen LogP contribution in [-0.2, 0) is 0 Å². The molecule has 2 nitrogen and oxygen atoms in total. The van der Waals surface area contributed by atoms with E-state index < -0.39 is 0 Å². The van der Waals surface area contributed by atoms with Gasteiger partial charge >= 0.3 is 0 Å². The average molecular weight is 207 g/mol. The number of hydrogen-bond donors (Lipinski definition) is 0. The number of rotatable bonds is 1. The van der Waals surface area contributed by atoms with Gasteiger partial charge in [0.1, 0.15) is 6.26 Å². The fourth-order valence-corrected chi connectivity index (χ4v) is 0.616. The molecule has 0 unspecified atom stereocenters.